The molecular weight excluding hydrogens is 418 g/mol. The Morgan fingerprint density at radius 2 is 1.52 bits per heavy atom. The monoisotopic (exact) mass is 447 g/mol. The zero-order chi connectivity index (χ0) is 23.5. The van der Waals surface area contributed by atoms with Crippen molar-refractivity contribution in [3.05, 3.63) is 47.5 Å². The van der Waals surface area contributed by atoms with E-state index in [4.69, 9.17) is 4.74 Å². The van der Waals surface area contributed by atoms with Gasteiger partial charge in [0.1, 0.15) is 5.60 Å². The Bertz CT molecular complexity index is 1150. The summed E-state index contributed by atoms with van der Waals surface area (Å²) in [6, 6.07) is 11.6. The molecule has 0 spiro atoms. The first-order valence-corrected chi connectivity index (χ1v) is 11.4. The van der Waals surface area contributed by atoms with E-state index in [9.17, 15) is 14.4 Å². The molecule has 2 aromatic carbocycles. The number of carbonyl (C=O) groups is 3. The molecule has 0 aromatic heterocycles. The third-order valence-corrected chi connectivity index (χ3v) is 6.63. The molecule has 2 saturated heterocycles. The van der Waals surface area contributed by atoms with Crippen molar-refractivity contribution in [1.82, 2.24) is 4.90 Å². The van der Waals surface area contributed by atoms with Crippen LogP contribution in [0.25, 0.3) is 11.1 Å². The first kappa shape index (κ1) is 21.5. The molecule has 1 N–H and O–H groups in total. The number of benzene rings is 2. The summed E-state index contributed by atoms with van der Waals surface area (Å²) in [6.45, 7) is 10.2. The van der Waals surface area contributed by atoms with Gasteiger partial charge in [-0.2, -0.15) is 0 Å². The minimum atomic E-state index is -0.488. The summed E-state index contributed by atoms with van der Waals surface area (Å²) in [5, 5.41) is 2.75. The second kappa shape index (κ2) is 7.61. The van der Waals surface area contributed by atoms with E-state index in [1.54, 1.807) is 6.07 Å². The second-order valence-corrected chi connectivity index (χ2v) is 10.3. The largest absolute Gasteiger partial charge is 0.444 e. The molecule has 2 unspecified atom stereocenters. The number of ketones is 1. The maximum absolute atomic E-state index is 13.1. The number of anilines is 2. The molecule has 0 bridgehead atoms. The number of fused-ring (bicyclic) bond motifs is 4. The molecule has 0 radical (unpaired) electrons. The van der Waals surface area contributed by atoms with E-state index in [2.05, 4.69) is 16.3 Å². The summed E-state index contributed by atoms with van der Waals surface area (Å²) in [7, 11) is 0. The van der Waals surface area contributed by atoms with Gasteiger partial charge >= 0.3 is 6.09 Å². The highest BCUT2D eigenvalue weighted by atomic mass is 16.6. The summed E-state index contributed by atoms with van der Waals surface area (Å²) in [6.07, 6.45) is -0.233. The number of carbonyl (C=O) groups excluding carboxylic acids is 3. The molecule has 7 nitrogen and oxygen atoms in total. The van der Waals surface area contributed by atoms with Crippen molar-refractivity contribution in [3.63, 3.8) is 0 Å². The molecule has 2 atom stereocenters. The van der Waals surface area contributed by atoms with Gasteiger partial charge < -0.3 is 19.9 Å². The molecule has 1 aliphatic carbocycles. The Labute approximate surface area is 193 Å². The predicted molar refractivity (Wildman–Crippen MR) is 127 cm³/mol. The maximum Gasteiger partial charge on any atom is 0.410 e. The van der Waals surface area contributed by atoms with Crippen LogP contribution < -0.4 is 10.2 Å². The standard InChI is InChI=1S/C26H29N3O4/c1-15(30)27-18-5-7-20-21-8-6-19(10-23(21)24(31)22(20)9-18)28-11-16-13-29(14-17(16)12-28)25(32)33-26(2,3)4/h5-10,16-17H,11-14H2,1-4H3,(H,27,30). The van der Waals surface area contributed by atoms with Crippen molar-refractivity contribution >= 4 is 29.2 Å². The van der Waals surface area contributed by atoms with Crippen LogP contribution in [0.1, 0.15) is 43.6 Å². The van der Waals surface area contributed by atoms with Crippen LogP contribution in [0, 0.1) is 11.8 Å². The number of hydrogen-bond acceptors (Lipinski definition) is 5. The van der Waals surface area contributed by atoms with Crippen molar-refractivity contribution in [2.45, 2.75) is 33.3 Å². The molecule has 2 aliphatic heterocycles. The van der Waals surface area contributed by atoms with E-state index in [-0.39, 0.29) is 17.8 Å². The summed E-state index contributed by atoms with van der Waals surface area (Å²) in [5.41, 5.74) is 4.35. The second-order valence-electron chi connectivity index (χ2n) is 10.3. The van der Waals surface area contributed by atoms with Crippen LogP contribution in [0.15, 0.2) is 36.4 Å². The van der Waals surface area contributed by atoms with Gasteiger partial charge in [0, 0.05) is 67.4 Å². The summed E-state index contributed by atoms with van der Waals surface area (Å²) >= 11 is 0. The lowest BCUT2D eigenvalue weighted by Crippen LogP contribution is -2.37. The Kier molecular flexibility index (Phi) is 4.96. The first-order chi connectivity index (χ1) is 15.6. The smallest absolute Gasteiger partial charge is 0.410 e. The normalized spacial score (nSPS) is 21.0. The molecule has 2 fully saturated rings. The molecule has 7 heteroatoms. The Morgan fingerprint density at radius 3 is 2.12 bits per heavy atom. The lowest BCUT2D eigenvalue weighted by molar-refractivity contribution is -0.114. The number of nitrogens with zero attached hydrogens (tertiary/aromatic N) is 2. The highest BCUT2D eigenvalue weighted by Gasteiger charge is 2.43. The molecule has 3 aliphatic rings. The highest BCUT2D eigenvalue weighted by Crippen LogP contribution is 2.41. The zero-order valence-electron chi connectivity index (χ0n) is 19.5. The topological polar surface area (TPSA) is 79.0 Å². The van der Waals surface area contributed by atoms with Crippen molar-refractivity contribution in [2.24, 2.45) is 11.8 Å². The average molecular weight is 448 g/mol. The van der Waals surface area contributed by atoms with Crippen LogP contribution >= 0.6 is 0 Å². The van der Waals surface area contributed by atoms with E-state index in [0.717, 1.165) is 29.9 Å². The Hall–Kier alpha value is -3.35. The van der Waals surface area contributed by atoms with E-state index in [0.29, 0.717) is 41.7 Å². The summed E-state index contributed by atoms with van der Waals surface area (Å²) in [4.78, 5) is 41.1. The summed E-state index contributed by atoms with van der Waals surface area (Å²) in [5.74, 6) is 0.632. The number of nitrogens with one attached hydrogen (secondary N) is 1. The SMILES string of the molecule is CC(=O)Nc1ccc2c(c1)C(=O)c1cc(N3CC4CN(C(=O)OC(C)(C)C)CC4C3)ccc1-2. The molecular formula is C26H29N3O4. The van der Waals surface area contributed by atoms with E-state index in [1.165, 1.54) is 6.92 Å². The van der Waals surface area contributed by atoms with Crippen LogP contribution in [-0.4, -0.2) is 54.5 Å². The molecule has 5 rings (SSSR count). The zero-order valence-corrected chi connectivity index (χ0v) is 19.5. The third kappa shape index (κ3) is 3.96. The average Bonchev–Trinajstić information content (AvgIpc) is 3.37. The fraction of sp³-hybridized carbons (Fsp3) is 0.423. The fourth-order valence-corrected chi connectivity index (χ4v) is 5.22. The van der Waals surface area contributed by atoms with E-state index in [1.807, 2.05) is 49.9 Å². The molecule has 2 amide bonds. The molecule has 2 aromatic rings. The van der Waals surface area contributed by atoms with Gasteiger partial charge in [-0.3, -0.25) is 9.59 Å². The van der Waals surface area contributed by atoms with Crippen LogP contribution in [0.5, 0.6) is 0 Å². The lowest BCUT2D eigenvalue weighted by atomic mass is 10.0. The predicted octanol–water partition coefficient (Wildman–Crippen LogP) is 4.16. The minimum absolute atomic E-state index is 0.00968. The van der Waals surface area contributed by atoms with Crippen molar-refractivity contribution in [1.29, 1.82) is 0 Å². The Morgan fingerprint density at radius 1 is 0.909 bits per heavy atom. The van der Waals surface area contributed by atoms with Gasteiger partial charge in [0.05, 0.1) is 0 Å². The van der Waals surface area contributed by atoms with Gasteiger partial charge in [-0.05, 0) is 56.2 Å². The highest BCUT2D eigenvalue weighted by molar-refractivity contribution is 6.22. The minimum Gasteiger partial charge on any atom is -0.444 e. The van der Waals surface area contributed by atoms with Gasteiger partial charge in [0.15, 0.2) is 5.78 Å². The number of amides is 2. The number of rotatable bonds is 2. The first-order valence-electron chi connectivity index (χ1n) is 11.4. The van der Waals surface area contributed by atoms with Gasteiger partial charge in [-0.1, -0.05) is 12.1 Å². The quantitative estimate of drug-likeness (QED) is 0.638. The number of hydrogen-bond donors (Lipinski definition) is 1. The molecule has 2 heterocycles. The van der Waals surface area contributed by atoms with Gasteiger partial charge in [-0.25, -0.2) is 4.79 Å². The van der Waals surface area contributed by atoms with Crippen LogP contribution in [0.3, 0.4) is 0 Å². The van der Waals surface area contributed by atoms with Gasteiger partial charge in [0.2, 0.25) is 5.91 Å². The lowest BCUT2D eigenvalue weighted by Gasteiger charge is -2.26. The molecule has 33 heavy (non-hydrogen) atoms. The Balaban J connectivity index is 1.30. The van der Waals surface area contributed by atoms with Crippen LogP contribution in [0.2, 0.25) is 0 Å². The molecule has 172 valence electrons. The third-order valence-electron chi connectivity index (χ3n) is 6.63. The van der Waals surface area contributed by atoms with Crippen LogP contribution in [-0.2, 0) is 9.53 Å². The van der Waals surface area contributed by atoms with Crippen molar-refractivity contribution in [2.75, 3.05) is 36.4 Å². The van der Waals surface area contributed by atoms with E-state index < -0.39 is 5.60 Å². The van der Waals surface area contributed by atoms with Crippen LogP contribution in [0.4, 0.5) is 16.2 Å². The number of ether oxygens (including phenoxy) is 1. The van der Waals surface area contributed by atoms with Gasteiger partial charge in [-0.15, -0.1) is 0 Å². The fourth-order valence-electron chi connectivity index (χ4n) is 5.22. The summed E-state index contributed by atoms with van der Waals surface area (Å²) < 4.78 is 5.53. The maximum atomic E-state index is 13.1. The van der Waals surface area contributed by atoms with Gasteiger partial charge in [0.25, 0.3) is 0 Å². The van der Waals surface area contributed by atoms with Crippen molar-refractivity contribution in [3.8, 4) is 11.1 Å². The number of likely N-dealkylation sites (tertiary alicyclic amines) is 1. The van der Waals surface area contributed by atoms with Crippen molar-refractivity contribution < 1.29 is 19.1 Å². The van der Waals surface area contributed by atoms with E-state index >= 15 is 0 Å². The molecule has 0 saturated carbocycles.